The Morgan fingerprint density at radius 2 is 1.97 bits per heavy atom. The largest absolute Gasteiger partial charge is 0.347 e. The number of benzene rings is 1. The number of aryl methyl sites for hydroxylation is 2. The molecule has 0 amide bonds. The molecule has 0 atom stereocenters. The van der Waals surface area contributed by atoms with Crippen molar-refractivity contribution < 1.29 is 0 Å². The lowest BCUT2D eigenvalue weighted by Crippen LogP contribution is -2.16. The lowest BCUT2D eigenvalue weighted by molar-refractivity contribution is 0.677. The maximum Gasteiger partial charge on any atom is 0.255 e. The molecule has 0 aliphatic carbocycles. The van der Waals surface area contributed by atoms with Gasteiger partial charge in [0, 0.05) is 54.4 Å². The standard InChI is InChI=1S/C24H24N4O/c1-16-5-6-18(14-26-16)17-9-11-28(24(29)12-17)19-7-8-20-21-15-25-10-3-4-22(21)27(2)23(20)13-19/h5-9,11-14,25H,3-4,10,15H2,1-2H3. The van der Waals surface area contributed by atoms with E-state index < -0.39 is 0 Å². The first-order valence-electron chi connectivity index (χ1n) is 10.1. The molecule has 0 spiro atoms. The highest BCUT2D eigenvalue weighted by atomic mass is 16.1. The monoisotopic (exact) mass is 384 g/mol. The smallest absolute Gasteiger partial charge is 0.255 e. The van der Waals surface area contributed by atoms with Gasteiger partial charge >= 0.3 is 0 Å². The normalized spacial score (nSPS) is 14.0. The second-order valence-electron chi connectivity index (χ2n) is 7.78. The molecule has 4 aromatic rings. The zero-order chi connectivity index (χ0) is 20.0. The molecule has 0 saturated heterocycles. The average molecular weight is 384 g/mol. The van der Waals surface area contributed by atoms with Crippen molar-refractivity contribution >= 4 is 10.9 Å². The van der Waals surface area contributed by atoms with E-state index in [4.69, 9.17) is 0 Å². The maximum absolute atomic E-state index is 12.9. The molecule has 1 aliphatic heterocycles. The Morgan fingerprint density at radius 1 is 1.07 bits per heavy atom. The summed E-state index contributed by atoms with van der Waals surface area (Å²) in [7, 11) is 2.13. The van der Waals surface area contributed by atoms with Gasteiger partial charge in [-0.3, -0.25) is 14.3 Å². The quantitative estimate of drug-likeness (QED) is 0.573. The van der Waals surface area contributed by atoms with Gasteiger partial charge in [0.15, 0.2) is 0 Å². The van der Waals surface area contributed by atoms with Crippen molar-refractivity contribution in [2.24, 2.45) is 7.05 Å². The Morgan fingerprint density at radius 3 is 2.76 bits per heavy atom. The van der Waals surface area contributed by atoms with Gasteiger partial charge < -0.3 is 9.88 Å². The summed E-state index contributed by atoms with van der Waals surface area (Å²) in [5.74, 6) is 0. The lowest BCUT2D eigenvalue weighted by atomic mass is 10.1. The van der Waals surface area contributed by atoms with Crippen molar-refractivity contribution in [2.45, 2.75) is 26.3 Å². The van der Waals surface area contributed by atoms with Gasteiger partial charge in [-0.05, 0) is 61.7 Å². The maximum atomic E-state index is 12.9. The van der Waals surface area contributed by atoms with Crippen LogP contribution in [0.15, 0.2) is 59.7 Å². The van der Waals surface area contributed by atoms with E-state index in [-0.39, 0.29) is 5.56 Å². The van der Waals surface area contributed by atoms with Gasteiger partial charge in [0.05, 0.1) is 11.2 Å². The van der Waals surface area contributed by atoms with E-state index >= 15 is 0 Å². The first kappa shape index (κ1) is 17.9. The molecule has 1 aliphatic rings. The molecule has 0 fully saturated rings. The summed E-state index contributed by atoms with van der Waals surface area (Å²) in [6.07, 6.45) is 5.90. The molecule has 5 nitrogen and oxygen atoms in total. The fraction of sp³-hybridized carbons (Fsp3) is 0.250. The summed E-state index contributed by atoms with van der Waals surface area (Å²) >= 11 is 0. The Balaban J connectivity index is 1.58. The Hall–Kier alpha value is -3.18. The number of aromatic nitrogens is 3. The lowest BCUT2D eigenvalue weighted by Gasteiger charge is -2.09. The molecule has 0 bridgehead atoms. The van der Waals surface area contributed by atoms with Crippen LogP contribution in [0.1, 0.15) is 23.4 Å². The van der Waals surface area contributed by atoms with E-state index in [0.717, 1.165) is 48.4 Å². The van der Waals surface area contributed by atoms with Gasteiger partial charge in [0.2, 0.25) is 0 Å². The van der Waals surface area contributed by atoms with Crippen molar-refractivity contribution in [2.75, 3.05) is 6.54 Å². The van der Waals surface area contributed by atoms with Crippen LogP contribution < -0.4 is 10.9 Å². The summed E-state index contributed by atoms with van der Waals surface area (Å²) in [6.45, 7) is 3.93. The zero-order valence-electron chi connectivity index (χ0n) is 16.8. The van der Waals surface area contributed by atoms with E-state index in [0.29, 0.717) is 0 Å². The molecule has 1 N–H and O–H groups in total. The minimum absolute atomic E-state index is 0.0418. The number of rotatable bonds is 2. The SMILES string of the molecule is Cc1ccc(-c2ccn(-c3ccc4c5c(n(C)c4c3)CCCNC5)c(=O)c2)cn1. The minimum atomic E-state index is -0.0418. The molecule has 1 aromatic carbocycles. The van der Waals surface area contributed by atoms with Crippen LogP contribution in [0.25, 0.3) is 27.7 Å². The number of hydrogen-bond acceptors (Lipinski definition) is 3. The van der Waals surface area contributed by atoms with Gasteiger partial charge in [-0.1, -0.05) is 12.1 Å². The highest BCUT2D eigenvalue weighted by molar-refractivity contribution is 5.87. The molecule has 146 valence electrons. The third kappa shape index (κ3) is 3.08. The number of nitrogens with zero attached hydrogens (tertiary/aromatic N) is 3. The van der Waals surface area contributed by atoms with Crippen LogP contribution in [0.2, 0.25) is 0 Å². The van der Waals surface area contributed by atoms with E-state index in [1.807, 2.05) is 43.6 Å². The topological polar surface area (TPSA) is 51.9 Å². The van der Waals surface area contributed by atoms with E-state index in [2.05, 4.69) is 34.0 Å². The minimum Gasteiger partial charge on any atom is -0.347 e. The number of hydrogen-bond donors (Lipinski definition) is 1. The van der Waals surface area contributed by atoms with Crippen LogP contribution in [-0.2, 0) is 20.0 Å². The van der Waals surface area contributed by atoms with E-state index in [1.165, 1.54) is 22.2 Å². The van der Waals surface area contributed by atoms with Gasteiger partial charge in [0.25, 0.3) is 5.56 Å². The van der Waals surface area contributed by atoms with Crippen LogP contribution in [-0.4, -0.2) is 20.7 Å². The molecule has 0 radical (unpaired) electrons. The molecule has 3 aromatic heterocycles. The Bertz CT molecular complexity index is 1260. The summed E-state index contributed by atoms with van der Waals surface area (Å²) in [4.78, 5) is 17.2. The van der Waals surface area contributed by atoms with Crippen LogP contribution >= 0.6 is 0 Å². The number of fused-ring (bicyclic) bond motifs is 3. The third-order valence-electron chi connectivity index (χ3n) is 5.93. The molecular weight excluding hydrogens is 360 g/mol. The summed E-state index contributed by atoms with van der Waals surface area (Å²) in [6, 6.07) is 13.9. The highest BCUT2D eigenvalue weighted by Crippen LogP contribution is 2.29. The van der Waals surface area contributed by atoms with Gasteiger partial charge in [-0.2, -0.15) is 0 Å². The fourth-order valence-electron chi connectivity index (χ4n) is 4.33. The fourth-order valence-corrected chi connectivity index (χ4v) is 4.33. The molecule has 5 rings (SSSR count). The molecular formula is C24H24N4O. The second-order valence-corrected chi connectivity index (χ2v) is 7.78. The number of pyridine rings is 2. The molecule has 29 heavy (non-hydrogen) atoms. The summed E-state index contributed by atoms with van der Waals surface area (Å²) in [5, 5.41) is 4.79. The van der Waals surface area contributed by atoms with E-state index in [1.54, 1.807) is 10.6 Å². The predicted octanol–water partition coefficient (Wildman–Crippen LogP) is 3.74. The van der Waals surface area contributed by atoms with Crippen molar-refractivity contribution in [1.82, 2.24) is 19.4 Å². The Labute approximate surface area is 169 Å². The predicted molar refractivity (Wildman–Crippen MR) is 117 cm³/mol. The van der Waals surface area contributed by atoms with Crippen molar-refractivity contribution in [1.29, 1.82) is 0 Å². The molecule has 4 heterocycles. The Kier molecular flexibility index (Phi) is 4.32. The molecule has 5 heteroatoms. The van der Waals surface area contributed by atoms with E-state index in [9.17, 15) is 4.79 Å². The average Bonchev–Trinajstić information content (AvgIpc) is 2.89. The molecule has 0 unspecified atom stereocenters. The first-order chi connectivity index (χ1) is 14.1. The summed E-state index contributed by atoms with van der Waals surface area (Å²) in [5.41, 5.74) is 7.62. The van der Waals surface area contributed by atoms with Crippen molar-refractivity contribution in [3.63, 3.8) is 0 Å². The van der Waals surface area contributed by atoms with Crippen molar-refractivity contribution in [3.8, 4) is 16.8 Å². The van der Waals surface area contributed by atoms with Gasteiger partial charge in [-0.15, -0.1) is 0 Å². The van der Waals surface area contributed by atoms with Crippen LogP contribution in [0.5, 0.6) is 0 Å². The van der Waals surface area contributed by atoms with Gasteiger partial charge in [0.1, 0.15) is 0 Å². The van der Waals surface area contributed by atoms with Gasteiger partial charge in [-0.25, -0.2) is 0 Å². The summed E-state index contributed by atoms with van der Waals surface area (Å²) < 4.78 is 4.00. The second kappa shape index (κ2) is 7.01. The third-order valence-corrected chi connectivity index (χ3v) is 5.93. The number of nitrogens with one attached hydrogen (secondary N) is 1. The van der Waals surface area contributed by atoms with Crippen LogP contribution in [0.4, 0.5) is 0 Å². The first-order valence-corrected chi connectivity index (χ1v) is 10.1. The molecule has 0 saturated carbocycles. The zero-order valence-corrected chi connectivity index (χ0v) is 16.8. The van der Waals surface area contributed by atoms with Crippen LogP contribution in [0.3, 0.4) is 0 Å². The highest BCUT2D eigenvalue weighted by Gasteiger charge is 2.17. The van der Waals surface area contributed by atoms with Crippen molar-refractivity contribution in [3.05, 3.63) is 82.2 Å². The van der Waals surface area contributed by atoms with Crippen LogP contribution in [0, 0.1) is 6.92 Å².